The van der Waals surface area contributed by atoms with Gasteiger partial charge in [-0.15, -0.1) is 0 Å². The first-order valence-electron chi connectivity index (χ1n) is 18.4. The number of nitrogens with one attached hydrogen (secondary N) is 2. The Balaban J connectivity index is 3.93. The Labute approximate surface area is 273 Å². The molecular formula is C37H74N2O5. The lowest BCUT2D eigenvalue weighted by Crippen LogP contribution is -2.45. The number of amides is 2. The van der Waals surface area contributed by atoms with Crippen LogP contribution in [-0.4, -0.2) is 57.6 Å². The van der Waals surface area contributed by atoms with Gasteiger partial charge in [-0.2, -0.15) is 0 Å². The first-order chi connectivity index (χ1) is 21.1. The minimum Gasteiger partial charge on any atom is -0.447 e. The topological polar surface area (TPSA) is 85.9 Å². The summed E-state index contributed by atoms with van der Waals surface area (Å²) in [6, 6.07) is -0.357. The molecule has 0 saturated carbocycles. The van der Waals surface area contributed by atoms with Gasteiger partial charge in [-0.25, -0.2) is 4.79 Å². The van der Waals surface area contributed by atoms with Gasteiger partial charge in [-0.3, -0.25) is 4.79 Å². The number of rotatable bonds is 32. The summed E-state index contributed by atoms with van der Waals surface area (Å²) in [5.74, 6) is 0. The second kappa shape index (κ2) is 27.9. The van der Waals surface area contributed by atoms with Crippen molar-refractivity contribution in [2.75, 3.05) is 33.0 Å². The molecule has 0 aliphatic carbocycles. The summed E-state index contributed by atoms with van der Waals surface area (Å²) in [6.45, 7) is 17.7. The number of hydrogen-bond donors (Lipinski definition) is 2. The summed E-state index contributed by atoms with van der Waals surface area (Å²) < 4.78 is 17.2. The van der Waals surface area contributed by atoms with Gasteiger partial charge in [0.05, 0.1) is 18.8 Å². The van der Waals surface area contributed by atoms with E-state index in [4.69, 9.17) is 14.2 Å². The molecule has 2 atom stereocenters. The zero-order chi connectivity index (χ0) is 32.9. The van der Waals surface area contributed by atoms with Crippen LogP contribution < -0.4 is 10.6 Å². The van der Waals surface area contributed by atoms with E-state index in [1.807, 2.05) is 0 Å². The molecule has 0 rings (SSSR count). The summed E-state index contributed by atoms with van der Waals surface area (Å²) in [4.78, 5) is 23.5. The molecule has 7 heteroatoms. The van der Waals surface area contributed by atoms with Crippen LogP contribution in [0.25, 0.3) is 0 Å². The lowest BCUT2D eigenvalue weighted by Gasteiger charge is -2.43. The summed E-state index contributed by atoms with van der Waals surface area (Å²) in [5.41, 5.74) is -0.209. The molecule has 0 spiro atoms. The van der Waals surface area contributed by atoms with Crippen molar-refractivity contribution in [1.82, 2.24) is 10.6 Å². The van der Waals surface area contributed by atoms with Crippen LogP contribution in [0, 0.1) is 10.8 Å². The zero-order valence-corrected chi connectivity index (χ0v) is 30.2. The van der Waals surface area contributed by atoms with Gasteiger partial charge in [0.25, 0.3) is 0 Å². The normalized spacial score (nSPS) is 13.4. The molecule has 0 aromatic heterocycles. The van der Waals surface area contributed by atoms with Crippen molar-refractivity contribution in [3.8, 4) is 0 Å². The number of ether oxygens (including phenoxy) is 3. The van der Waals surface area contributed by atoms with Gasteiger partial charge >= 0.3 is 6.09 Å². The third-order valence-corrected chi connectivity index (χ3v) is 9.39. The molecule has 0 radical (unpaired) electrons. The predicted molar refractivity (Wildman–Crippen MR) is 185 cm³/mol. The number of unbranched alkanes of at least 4 members (excludes halogenated alkanes) is 16. The van der Waals surface area contributed by atoms with Gasteiger partial charge in [-0.1, -0.05) is 144 Å². The molecule has 2 N–H and O–H groups in total. The molecule has 44 heavy (non-hydrogen) atoms. The quantitative estimate of drug-likeness (QED) is 0.0573. The van der Waals surface area contributed by atoms with Crippen LogP contribution in [-0.2, 0) is 19.0 Å². The van der Waals surface area contributed by atoms with Crippen LogP contribution in [0.4, 0.5) is 4.79 Å². The molecule has 2 unspecified atom stereocenters. The van der Waals surface area contributed by atoms with Crippen LogP contribution in [0.15, 0.2) is 0 Å². The highest BCUT2D eigenvalue weighted by atomic mass is 16.6. The van der Waals surface area contributed by atoms with Crippen molar-refractivity contribution in [3.05, 3.63) is 0 Å². The Morgan fingerprint density at radius 1 is 0.682 bits per heavy atom. The Morgan fingerprint density at radius 2 is 1.18 bits per heavy atom. The van der Waals surface area contributed by atoms with E-state index in [0.29, 0.717) is 26.2 Å². The van der Waals surface area contributed by atoms with E-state index in [2.05, 4.69) is 59.1 Å². The van der Waals surface area contributed by atoms with Crippen LogP contribution in [0.2, 0.25) is 0 Å². The van der Waals surface area contributed by atoms with Crippen molar-refractivity contribution in [2.24, 2.45) is 10.8 Å². The maximum atomic E-state index is 12.4. The third-order valence-electron chi connectivity index (χ3n) is 9.39. The molecule has 0 aliphatic rings. The molecule has 0 fully saturated rings. The molecule has 0 heterocycles. The molecular weight excluding hydrogens is 552 g/mol. The second-order valence-electron chi connectivity index (χ2n) is 14.3. The molecule has 7 nitrogen and oxygen atoms in total. The maximum Gasteiger partial charge on any atom is 0.407 e. The minimum absolute atomic E-state index is 0.0476. The van der Waals surface area contributed by atoms with Gasteiger partial charge in [0.15, 0.2) is 0 Å². The highest BCUT2D eigenvalue weighted by Crippen LogP contribution is 2.42. The van der Waals surface area contributed by atoms with Gasteiger partial charge in [0.1, 0.15) is 6.61 Å². The van der Waals surface area contributed by atoms with Crippen molar-refractivity contribution >= 4 is 12.5 Å². The van der Waals surface area contributed by atoms with Gasteiger partial charge < -0.3 is 24.8 Å². The van der Waals surface area contributed by atoms with Gasteiger partial charge in [-0.05, 0) is 37.0 Å². The third kappa shape index (κ3) is 24.0. The summed E-state index contributed by atoms with van der Waals surface area (Å²) in [7, 11) is 0. The summed E-state index contributed by atoms with van der Waals surface area (Å²) >= 11 is 0. The fourth-order valence-electron chi connectivity index (χ4n) is 5.46. The van der Waals surface area contributed by atoms with Crippen molar-refractivity contribution < 1.29 is 23.8 Å². The van der Waals surface area contributed by atoms with E-state index < -0.39 is 6.09 Å². The lowest BCUT2D eigenvalue weighted by molar-refractivity contribution is -0.111. The fourth-order valence-corrected chi connectivity index (χ4v) is 5.46. The average Bonchev–Trinajstić information content (AvgIpc) is 2.98. The lowest BCUT2D eigenvalue weighted by atomic mass is 9.65. The highest BCUT2D eigenvalue weighted by molar-refractivity contribution is 5.67. The largest absolute Gasteiger partial charge is 0.447 e. The van der Waals surface area contributed by atoms with Crippen LogP contribution >= 0.6 is 0 Å². The van der Waals surface area contributed by atoms with Crippen LogP contribution in [0.1, 0.15) is 170 Å². The summed E-state index contributed by atoms with van der Waals surface area (Å²) in [6.07, 6.45) is 24.9. The summed E-state index contributed by atoms with van der Waals surface area (Å²) in [5, 5.41) is 5.63. The van der Waals surface area contributed by atoms with Crippen LogP contribution in [0.3, 0.4) is 0 Å². The Kier molecular flexibility index (Phi) is 27.1. The minimum atomic E-state index is -0.475. The van der Waals surface area contributed by atoms with Crippen molar-refractivity contribution in [3.63, 3.8) is 0 Å². The molecule has 0 saturated heterocycles. The molecule has 0 aromatic carbocycles. The van der Waals surface area contributed by atoms with Crippen molar-refractivity contribution in [1.29, 1.82) is 0 Å². The number of carbonyl (C=O) groups is 2. The fraction of sp³-hybridized carbons (Fsp3) is 0.946. The number of hydrogen-bond acceptors (Lipinski definition) is 5. The number of alkyl carbamates (subject to hydrolysis) is 1. The first kappa shape index (κ1) is 42.7. The predicted octanol–water partition coefficient (Wildman–Crippen LogP) is 9.75. The van der Waals surface area contributed by atoms with E-state index >= 15 is 0 Å². The van der Waals surface area contributed by atoms with Crippen molar-refractivity contribution in [2.45, 2.75) is 183 Å². The molecule has 0 aliphatic heterocycles. The monoisotopic (exact) mass is 627 g/mol. The van der Waals surface area contributed by atoms with Crippen LogP contribution in [0.5, 0.6) is 0 Å². The Hall–Kier alpha value is -1.34. The molecule has 262 valence electrons. The second-order valence-corrected chi connectivity index (χ2v) is 14.3. The highest BCUT2D eigenvalue weighted by Gasteiger charge is 2.38. The average molecular weight is 627 g/mol. The Morgan fingerprint density at radius 3 is 1.68 bits per heavy atom. The van der Waals surface area contributed by atoms with E-state index in [0.717, 1.165) is 32.3 Å². The van der Waals surface area contributed by atoms with E-state index in [1.54, 1.807) is 0 Å². The number of carbonyl (C=O) groups excluding carboxylic acids is 2. The zero-order valence-electron chi connectivity index (χ0n) is 30.2. The SMILES string of the molecule is CCCCCCCCCCCCCCCCCCOCC(COC(=O)NCC(C)(C)C(C)(C)CC(C)OCCCC)NC=O. The standard InChI is InChI=1S/C37H74N2O5/c1-8-10-12-13-14-15-16-17-18-19-20-21-22-23-24-25-26-42-29-34(39-32-40)30-44-35(41)38-31-37(6,7)36(4,5)28-33(3)43-27-11-9-2/h32-34H,8-31H2,1-7H3,(H,38,41)(H,39,40). The van der Waals surface area contributed by atoms with Gasteiger partial charge in [0, 0.05) is 19.8 Å². The first-order valence-corrected chi connectivity index (χ1v) is 18.4. The van der Waals surface area contributed by atoms with Gasteiger partial charge in [0.2, 0.25) is 6.41 Å². The molecule has 2 amide bonds. The molecule has 0 bridgehead atoms. The van der Waals surface area contributed by atoms with E-state index in [9.17, 15) is 9.59 Å². The maximum absolute atomic E-state index is 12.4. The Bertz CT molecular complexity index is 670. The smallest absolute Gasteiger partial charge is 0.407 e. The molecule has 0 aromatic rings. The van der Waals surface area contributed by atoms with E-state index in [1.165, 1.54) is 96.3 Å². The van der Waals surface area contributed by atoms with E-state index in [-0.39, 0.29) is 29.6 Å².